The van der Waals surface area contributed by atoms with Crippen LogP contribution in [0.3, 0.4) is 0 Å². The van der Waals surface area contributed by atoms with E-state index >= 15 is 0 Å². The summed E-state index contributed by atoms with van der Waals surface area (Å²) >= 11 is 0. The lowest BCUT2D eigenvalue weighted by atomic mass is 10.0. The highest BCUT2D eigenvalue weighted by Gasteiger charge is 2.24. The third-order valence-corrected chi connectivity index (χ3v) is 10.4. The first-order chi connectivity index (χ1) is 25.3. The van der Waals surface area contributed by atoms with Gasteiger partial charge >= 0.3 is 0 Å². The van der Waals surface area contributed by atoms with Gasteiger partial charge in [-0.2, -0.15) is 0 Å². The summed E-state index contributed by atoms with van der Waals surface area (Å²) in [6.07, 6.45) is 0. The maximum Gasteiger partial charge on any atom is 0.227 e. The van der Waals surface area contributed by atoms with E-state index in [1.165, 1.54) is 5.39 Å². The summed E-state index contributed by atoms with van der Waals surface area (Å²) in [5.41, 5.74) is 11.2. The minimum atomic E-state index is 0.612. The first-order valence-electron chi connectivity index (χ1n) is 17.0. The zero-order valence-corrected chi connectivity index (χ0v) is 27.0. The maximum absolute atomic E-state index is 6.67. The fourth-order valence-electron chi connectivity index (χ4n) is 8.13. The summed E-state index contributed by atoms with van der Waals surface area (Å²) in [4.78, 5) is 15.4. The first-order valence-corrected chi connectivity index (χ1v) is 17.0. The molecule has 0 aliphatic carbocycles. The Morgan fingerprint density at radius 2 is 1.22 bits per heavy atom. The summed E-state index contributed by atoms with van der Waals surface area (Å²) in [6, 6.07) is 50.1. The van der Waals surface area contributed by atoms with Crippen molar-refractivity contribution in [3.8, 4) is 34.1 Å². The van der Waals surface area contributed by atoms with Gasteiger partial charge in [-0.3, -0.25) is 0 Å². The second-order valence-corrected chi connectivity index (χ2v) is 13.2. The average Bonchev–Trinajstić information content (AvgIpc) is 3.95. The zero-order chi connectivity index (χ0) is 33.2. The predicted octanol–water partition coefficient (Wildman–Crippen LogP) is 11.8. The zero-order valence-electron chi connectivity index (χ0n) is 27.0. The molecule has 0 aliphatic rings. The van der Waals surface area contributed by atoms with Gasteiger partial charge in [0, 0.05) is 43.4 Å². The molecule has 6 heteroatoms. The highest BCUT2D eigenvalue weighted by Crippen LogP contribution is 2.45. The van der Waals surface area contributed by atoms with Gasteiger partial charge in [-0.15, -0.1) is 0 Å². The Balaban J connectivity index is 1.16. The molecule has 0 amide bonds. The molecule has 0 unspecified atom stereocenters. The number of furan rings is 1. The molecule has 12 rings (SSSR count). The molecule has 6 nitrogen and oxygen atoms in total. The summed E-state index contributed by atoms with van der Waals surface area (Å²) < 4.78 is 15.5. The Morgan fingerprint density at radius 1 is 0.451 bits per heavy atom. The van der Waals surface area contributed by atoms with Crippen molar-refractivity contribution in [1.29, 1.82) is 0 Å². The standard InChI is InChI=1S/C45H24N4O2/c1-2-11-25(12-3-1)45-47-35-24-32-27-13-5-8-19-36(27)49-37-22-21-26(23-33(37)39(41(32)49)43(35)51-45)40-30-15-4-7-18-34(30)46-44(48-40)31-17-10-16-29-28-14-6-9-20-38(28)50-42(29)31/h1-24H. The largest absolute Gasteiger partial charge is 0.455 e. The minimum Gasteiger partial charge on any atom is -0.455 e. The summed E-state index contributed by atoms with van der Waals surface area (Å²) in [6.45, 7) is 0. The van der Waals surface area contributed by atoms with E-state index in [9.17, 15) is 0 Å². The van der Waals surface area contributed by atoms with Crippen LogP contribution in [0.25, 0.3) is 116 Å². The van der Waals surface area contributed by atoms with Crippen molar-refractivity contribution < 1.29 is 8.83 Å². The third-order valence-electron chi connectivity index (χ3n) is 10.4. The monoisotopic (exact) mass is 652 g/mol. The van der Waals surface area contributed by atoms with Gasteiger partial charge in [0.1, 0.15) is 16.7 Å². The van der Waals surface area contributed by atoms with Crippen LogP contribution in [0.2, 0.25) is 0 Å². The van der Waals surface area contributed by atoms with Crippen LogP contribution >= 0.6 is 0 Å². The van der Waals surface area contributed by atoms with Gasteiger partial charge in [-0.25, -0.2) is 15.0 Å². The van der Waals surface area contributed by atoms with E-state index in [-0.39, 0.29) is 0 Å². The van der Waals surface area contributed by atoms with Gasteiger partial charge in [0.2, 0.25) is 5.89 Å². The lowest BCUT2D eigenvalue weighted by Crippen LogP contribution is -1.95. The Morgan fingerprint density at radius 3 is 2.14 bits per heavy atom. The Hall–Kier alpha value is -7.05. The molecular weight excluding hydrogens is 629 g/mol. The van der Waals surface area contributed by atoms with Crippen LogP contribution in [-0.2, 0) is 0 Å². The first kappa shape index (κ1) is 26.9. The molecule has 0 radical (unpaired) electrons. The molecule has 0 bridgehead atoms. The van der Waals surface area contributed by atoms with Gasteiger partial charge in [0.25, 0.3) is 0 Å². The molecule has 12 aromatic rings. The summed E-state index contributed by atoms with van der Waals surface area (Å²) in [5.74, 6) is 1.24. The lowest BCUT2D eigenvalue weighted by molar-refractivity contribution is 0.623. The maximum atomic E-state index is 6.67. The van der Waals surface area contributed by atoms with E-state index < -0.39 is 0 Å². The Labute approximate surface area is 289 Å². The van der Waals surface area contributed by atoms with Gasteiger partial charge in [-0.05, 0) is 54.6 Å². The number of aromatic nitrogens is 4. The number of hydrogen-bond donors (Lipinski definition) is 0. The average molecular weight is 653 g/mol. The second-order valence-electron chi connectivity index (χ2n) is 13.2. The van der Waals surface area contributed by atoms with E-state index in [2.05, 4.69) is 83.3 Å². The molecule has 0 saturated carbocycles. The van der Waals surface area contributed by atoms with Crippen LogP contribution in [-0.4, -0.2) is 19.4 Å². The molecule has 0 aliphatic heterocycles. The normalized spacial score (nSPS) is 12.3. The summed E-state index contributed by atoms with van der Waals surface area (Å²) in [7, 11) is 0. The van der Waals surface area contributed by atoms with Crippen molar-refractivity contribution in [2.45, 2.75) is 0 Å². The number of rotatable bonds is 3. The number of nitrogens with zero attached hydrogens (tertiary/aromatic N) is 4. The van der Waals surface area contributed by atoms with Crippen molar-refractivity contribution in [3.63, 3.8) is 0 Å². The molecule has 0 spiro atoms. The lowest BCUT2D eigenvalue weighted by Gasteiger charge is -2.10. The highest BCUT2D eigenvalue weighted by atomic mass is 16.3. The fraction of sp³-hybridized carbons (Fsp3) is 0. The number of para-hydroxylation sites is 4. The molecule has 0 N–H and O–H groups in total. The predicted molar refractivity (Wildman–Crippen MR) is 205 cm³/mol. The molecule has 7 aromatic carbocycles. The molecule has 0 atom stereocenters. The van der Waals surface area contributed by atoms with E-state index in [0.29, 0.717) is 11.7 Å². The van der Waals surface area contributed by atoms with Crippen LogP contribution in [0, 0.1) is 0 Å². The van der Waals surface area contributed by atoms with Gasteiger partial charge in [0.05, 0.1) is 38.7 Å². The number of hydrogen-bond acceptors (Lipinski definition) is 5. The molecular formula is C45H24N4O2. The van der Waals surface area contributed by atoms with Crippen molar-refractivity contribution in [2.24, 2.45) is 0 Å². The molecule has 51 heavy (non-hydrogen) atoms. The molecule has 236 valence electrons. The van der Waals surface area contributed by atoms with E-state index in [1.54, 1.807) is 0 Å². The third kappa shape index (κ3) is 3.63. The van der Waals surface area contributed by atoms with Gasteiger partial charge in [0.15, 0.2) is 11.4 Å². The van der Waals surface area contributed by atoms with Crippen LogP contribution < -0.4 is 0 Å². The number of oxazole rings is 1. The Kier molecular flexibility index (Phi) is 5.14. The SMILES string of the molecule is c1ccc(-c2nc3cc4c5ccccc5n5c6ccc(-c7nc(-c8cccc9c8oc8ccccc89)nc8ccccc78)cc6c(c3o2)c45)cc1. The topological polar surface area (TPSA) is 69.4 Å². The van der Waals surface area contributed by atoms with E-state index in [0.717, 1.165) is 99.0 Å². The van der Waals surface area contributed by atoms with Gasteiger partial charge in [-0.1, -0.05) is 91.0 Å². The van der Waals surface area contributed by atoms with Crippen LogP contribution in [0.15, 0.2) is 154 Å². The number of fused-ring (bicyclic) bond motifs is 12. The van der Waals surface area contributed by atoms with Crippen LogP contribution in [0.1, 0.15) is 0 Å². The minimum absolute atomic E-state index is 0.612. The smallest absolute Gasteiger partial charge is 0.227 e. The molecule has 5 aromatic heterocycles. The van der Waals surface area contributed by atoms with Gasteiger partial charge < -0.3 is 13.2 Å². The fourth-order valence-corrected chi connectivity index (χ4v) is 8.13. The molecule has 5 heterocycles. The van der Waals surface area contributed by atoms with Crippen LogP contribution in [0.5, 0.6) is 0 Å². The van der Waals surface area contributed by atoms with Crippen molar-refractivity contribution >= 4 is 82.0 Å². The van der Waals surface area contributed by atoms with E-state index in [1.807, 2.05) is 66.7 Å². The van der Waals surface area contributed by atoms with Crippen molar-refractivity contribution in [2.75, 3.05) is 0 Å². The quantitative estimate of drug-likeness (QED) is 0.190. The van der Waals surface area contributed by atoms with E-state index in [4.69, 9.17) is 23.8 Å². The van der Waals surface area contributed by atoms with Crippen molar-refractivity contribution in [1.82, 2.24) is 19.4 Å². The number of benzene rings is 7. The second kappa shape index (κ2) is 9.77. The molecule has 0 fully saturated rings. The van der Waals surface area contributed by atoms with Crippen LogP contribution in [0.4, 0.5) is 0 Å². The Bertz CT molecular complexity index is 3370. The molecule has 0 saturated heterocycles. The highest BCUT2D eigenvalue weighted by molar-refractivity contribution is 6.30. The van der Waals surface area contributed by atoms with Crippen molar-refractivity contribution in [3.05, 3.63) is 146 Å². The summed E-state index contributed by atoms with van der Waals surface area (Å²) in [5, 5.41) is 7.60.